The van der Waals surface area contributed by atoms with Crippen LogP contribution in [0.1, 0.15) is 45.1 Å². The van der Waals surface area contributed by atoms with E-state index in [1.807, 2.05) is 12.1 Å². The first kappa shape index (κ1) is 17.5. The van der Waals surface area contributed by atoms with Crippen molar-refractivity contribution in [2.75, 3.05) is 26.8 Å². The summed E-state index contributed by atoms with van der Waals surface area (Å²) in [6.07, 6.45) is 2.40. The lowest BCUT2D eigenvalue weighted by atomic mass is 9.84. The fourth-order valence-electron chi connectivity index (χ4n) is 2.18. The third-order valence-corrected chi connectivity index (χ3v) is 3.71. The number of benzene rings is 1. The Morgan fingerprint density at radius 1 is 1.20 bits per heavy atom. The molecule has 0 heterocycles. The molecule has 0 saturated carbocycles. The molecule has 0 bridgehead atoms. The molecule has 1 rings (SSSR count). The number of methoxy groups -OCH3 is 1. The van der Waals surface area contributed by atoms with Crippen molar-refractivity contribution in [3.05, 3.63) is 34.9 Å². The number of rotatable bonds is 8. The van der Waals surface area contributed by atoms with E-state index in [1.54, 1.807) is 7.11 Å². The van der Waals surface area contributed by atoms with Crippen molar-refractivity contribution in [3.63, 3.8) is 0 Å². The van der Waals surface area contributed by atoms with Crippen molar-refractivity contribution in [2.24, 2.45) is 5.41 Å². The van der Waals surface area contributed by atoms with Crippen LogP contribution in [-0.2, 0) is 4.74 Å². The topological polar surface area (TPSA) is 21.3 Å². The number of nitrogens with one attached hydrogen (secondary N) is 1. The summed E-state index contributed by atoms with van der Waals surface area (Å²) < 4.78 is 5.08. The zero-order chi connectivity index (χ0) is 15.0. The fraction of sp³-hybridized carbons (Fsp3) is 0.647. The van der Waals surface area contributed by atoms with Gasteiger partial charge in [0.1, 0.15) is 0 Å². The molecule has 0 saturated heterocycles. The van der Waals surface area contributed by atoms with Crippen LogP contribution in [0.2, 0.25) is 5.02 Å². The first-order chi connectivity index (χ1) is 9.42. The molecule has 2 nitrogen and oxygen atoms in total. The van der Waals surface area contributed by atoms with Crippen LogP contribution in [0, 0.1) is 5.41 Å². The van der Waals surface area contributed by atoms with Gasteiger partial charge in [-0.25, -0.2) is 0 Å². The second kappa shape index (κ2) is 8.66. The van der Waals surface area contributed by atoms with Crippen LogP contribution in [-0.4, -0.2) is 26.8 Å². The Morgan fingerprint density at radius 3 is 2.40 bits per heavy atom. The highest BCUT2D eigenvalue weighted by atomic mass is 35.5. The third-order valence-electron chi connectivity index (χ3n) is 3.46. The van der Waals surface area contributed by atoms with Gasteiger partial charge in [-0.1, -0.05) is 44.5 Å². The summed E-state index contributed by atoms with van der Waals surface area (Å²) in [5, 5.41) is 4.28. The van der Waals surface area contributed by atoms with E-state index >= 15 is 0 Å². The van der Waals surface area contributed by atoms with Crippen LogP contribution in [0.15, 0.2) is 24.3 Å². The second-order valence-electron chi connectivity index (χ2n) is 6.54. The standard InChI is InChI=1S/C17H28ClNO/c1-17(2,3)10-9-15(13-19-11-12-20-4)14-5-7-16(18)8-6-14/h5-8,15,19H,9-13H2,1-4H3. The summed E-state index contributed by atoms with van der Waals surface area (Å²) >= 11 is 5.98. The summed E-state index contributed by atoms with van der Waals surface area (Å²) in [5.41, 5.74) is 1.74. The summed E-state index contributed by atoms with van der Waals surface area (Å²) in [7, 11) is 1.73. The van der Waals surface area contributed by atoms with Gasteiger partial charge in [0.25, 0.3) is 0 Å². The maximum atomic E-state index is 5.98. The number of ether oxygens (including phenoxy) is 1. The van der Waals surface area contributed by atoms with E-state index < -0.39 is 0 Å². The van der Waals surface area contributed by atoms with Gasteiger partial charge >= 0.3 is 0 Å². The van der Waals surface area contributed by atoms with Gasteiger partial charge in [0.15, 0.2) is 0 Å². The first-order valence-corrected chi connectivity index (χ1v) is 7.75. The normalized spacial score (nSPS) is 13.4. The van der Waals surface area contributed by atoms with E-state index in [9.17, 15) is 0 Å². The largest absolute Gasteiger partial charge is 0.383 e. The van der Waals surface area contributed by atoms with Crippen LogP contribution in [0.4, 0.5) is 0 Å². The van der Waals surface area contributed by atoms with Crippen molar-refractivity contribution in [1.29, 1.82) is 0 Å². The van der Waals surface area contributed by atoms with Gasteiger partial charge < -0.3 is 10.1 Å². The molecular formula is C17H28ClNO. The summed E-state index contributed by atoms with van der Waals surface area (Å²) in [4.78, 5) is 0. The lowest BCUT2D eigenvalue weighted by Gasteiger charge is -2.24. The van der Waals surface area contributed by atoms with Crippen LogP contribution in [0.25, 0.3) is 0 Å². The van der Waals surface area contributed by atoms with Crippen molar-refractivity contribution in [2.45, 2.75) is 39.5 Å². The van der Waals surface area contributed by atoms with Gasteiger partial charge in [0.2, 0.25) is 0 Å². The predicted molar refractivity (Wildman–Crippen MR) is 87.6 cm³/mol. The molecule has 0 spiro atoms. The molecule has 1 unspecified atom stereocenters. The van der Waals surface area contributed by atoms with E-state index in [2.05, 4.69) is 38.2 Å². The van der Waals surface area contributed by atoms with Gasteiger partial charge in [-0.05, 0) is 41.9 Å². The van der Waals surface area contributed by atoms with Gasteiger partial charge in [-0.3, -0.25) is 0 Å². The molecule has 0 fully saturated rings. The first-order valence-electron chi connectivity index (χ1n) is 7.37. The van der Waals surface area contributed by atoms with Crippen LogP contribution < -0.4 is 5.32 Å². The van der Waals surface area contributed by atoms with Crippen LogP contribution in [0.5, 0.6) is 0 Å². The Labute approximate surface area is 128 Å². The summed E-state index contributed by atoms with van der Waals surface area (Å²) in [5.74, 6) is 0.531. The van der Waals surface area contributed by atoms with Crippen LogP contribution in [0.3, 0.4) is 0 Å². The average molecular weight is 298 g/mol. The molecule has 1 aromatic carbocycles. The minimum atomic E-state index is 0.372. The zero-order valence-corrected chi connectivity index (χ0v) is 14.0. The molecule has 0 aromatic heterocycles. The van der Waals surface area contributed by atoms with Crippen molar-refractivity contribution >= 4 is 11.6 Å². The molecule has 114 valence electrons. The molecule has 0 aliphatic rings. The van der Waals surface area contributed by atoms with Gasteiger partial charge in [-0.15, -0.1) is 0 Å². The Balaban J connectivity index is 2.60. The Bertz CT molecular complexity index is 370. The van der Waals surface area contributed by atoms with Gasteiger partial charge in [-0.2, -0.15) is 0 Å². The average Bonchev–Trinajstić information content (AvgIpc) is 2.38. The van der Waals surface area contributed by atoms with Crippen molar-refractivity contribution < 1.29 is 4.74 Å². The van der Waals surface area contributed by atoms with Crippen molar-refractivity contribution in [1.82, 2.24) is 5.32 Å². The van der Waals surface area contributed by atoms with E-state index in [0.29, 0.717) is 11.3 Å². The molecule has 20 heavy (non-hydrogen) atoms. The monoisotopic (exact) mass is 297 g/mol. The van der Waals surface area contributed by atoms with Gasteiger partial charge in [0.05, 0.1) is 6.61 Å². The highest BCUT2D eigenvalue weighted by Gasteiger charge is 2.16. The SMILES string of the molecule is COCCNCC(CCC(C)(C)C)c1ccc(Cl)cc1. The molecule has 0 aliphatic carbocycles. The third kappa shape index (κ3) is 7.28. The lowest BCUT2D eigenvalue weighted by Crippen LogP contribution is -2.25. The minimum absolute atomic E-state index is 0.372. The maximum Gasteiger partial charge on any atom is 0.0587 e. The van der Waals surface area contributed by atoms with E-state index in [4.69, 9.17) is 16.3 Å². The van der Waals surface area contributed by atoms with E-state index in [0.717, 1.165) is 24.7 Å². The zero-order valence-electron chi connectivity index (χ0n) is 13.2. The second-order valence-corrected chi connectivity index (χ2v) is 6.98. The van der Waals surface area contributed by atoms with Gasteiger partial charge in [0, 0.05) is 25.2 Å². The molecule has 0 radical (unpaired) electrons. The summed E-state index contributed by atoms with van der Waals surface area (Å²) in [6, 6.07) is 8.26. The Kier molecular flexibility index (Phi) is 7.57. The molecular weight excluding hydrogens is 270 g/mol. The lowest BCUT2D eigenvalue weighted by molar-refractivity contribution is 0.198. The minimum Gasteiger partial charge on any atom is -0.383 e. The highest BCUT2D eigenvalue weighted by molar-refractivity contribution is 6.30. The van der Waals surface area contributed by atoms with Crippen LogP contribution >= 0.6 is 11.6 Å². The Hall–Kier alpha value is -0.570. The van der Waals surface area contributed by atoms with E-state index in [1.165, 1.54) is 18.4 Å². The molecule has 1 aromatic rings. The quantitative estimate of drug-likeness (QED) is 0.714. The number of hydrogen-bond donors (Lipinski definition) is 1. The molecule has 3 heteroatoms. The fourth-order valence-corrected chi connectivity index (χ4v) is 2.31. The molecule has 1 N–H and O–H groups in total. The van der Waals surface area contributed by atoms with E-state index in [-0.39, 0.29) is 0 Å². The smallest absolute Gasteiger partial charge is 0.0587 e. The Morgan fingerprint density at radius 2 is 1.85 bits per heavy atom. The molecule has 0 aliphatic heterocycles. The maximum absolute atomic E-state index is 5.98. The molecule has 1 atom stereocenters. The highest BCUT2D eigenvalue weighted by Crippen LogP contribution is 2.29. The molecule has 0 amide bonds. The number of hydrogen-bond acceptors (Lipinski definition) is 2. The number of halogens is 1. The predicted octanol–water partition coefficient (Wildman–Crippen LogP) is 4.49. The van der Waals surface area contributed by atoms with Crippen molar-refractivity contribution in [3.8, 4) is 0 Å². The summed E-state index contributed by atoms with van der Waals surface area (Å²) in [6.45, 7) is 9.53.